The van der Waals surface area contributed by atoms with E-state index in [9.17, 15) is 9.59 Å². The third kappa shape index (κ3) is 6.86. The fourth-order valence-electron chi connectivity index (χ4n) is 1.87. The first kappa shape index (κ1) is 19.7. The molecule has 0 saturated carbocycles. The molecule has 5 heteroatoms. The molecule has 0 fully saturated rings. The Hall–Kier alpha value is -2.30. The van der Waals surface area contributed by atoms with Gasteiger partial charge in [-0.05, 0) is 36.6 Å². The largest absolute Gasteiger partial charge is 0.497 e. The molecule has 1 rings (SSSR count). The van der Waals surface area contributed by atoms with Gasteiger partial charge in [0.25, 0.3) is 0 Å². The Balaban J connectivity index is 2.95. The molecule has 0 amide bonds. The molecule has 5 nitrogen and oxygen atoms in total. The SMILES string of the molecule is CCCCOC(=O)C(=Cc1cccc(OC)c1)C(=O)OCCCC. The lowest BCUT2D eigenvalue weighted by Gasteiger charge is -2.09. The molecule has 1 aromatic carbocycles. The first-order valence-electron chi connectivity index (χ1n) is 8.32. The van der Waals surface area contributed by atoms with Crippen molar-refractivity contribution in [1.29, 1.82) is 0 Å². The number of unbranched alkanes of at least 4 members (excludes halogenated alkanes) is 2. The summed E-state index contributed by atoms with van der Waals surface area (Å²) in [4.78, 5) is 24.5. The Labute approximate surface area is 143 Å². The predicted octanol–water partition coefficient (Wildman–Crippen LogP) is 3.77. The highest BCUT2D eigenvalue weighted by molar-refractivity contribution is 6.17. The zero-order valence-corrected chi connectivity index (χ0v) is 14.7. The van der Waals surface area contributed by atoms with Gasteiger partial charge in [-0.15, -0.1) is 0 Å². The van der Waals surface area contributed by atoms with Crippen LogP contribution in [-0.2, 0) is 19.1 Å². The van der Waals surface area contributed by atoms with Crippen molar-refractivity contribution in [2.75, 3.05) is 20.3 Å². The first-order chi connectivity index (χ1) is 11.6. The lowest BCUT2D eigenvalue weighted by molar-refractivity contribution is -0.147. The Bertz CT molecular complexity index is 539. The Morgan fingerprint density at radius 2 is 1.58 bits per heavy atom. The van der Waals surface area contributed by atoms with Crippen molar-refractivity contribution in [3.05, 3.63) is 35.4 Å². The standard InChI is InChI=1S/C19H26O5/c1-4-6-11-23-18(20)17(19(21)24-12-7-5-2)14-15-9-8-10-16(13-15)22-3/h8-10,13-14H,4-7,11-12H2,1-3H3. The average Bonchev–Trinajstić information content (AvgIpc) is 2.60. The normalized spacial score (nSPS) is 9.96. The van der Waals surface area contributed by atoms with E-state index < -0.39 is 11.9 Å². The minimum atomic E-state index is -0.659. The van der Waals surface area contributed by atoms with E-state index in [1.54, 1.807) is 31.4 Å². The molecule has 0 aromatic heterocycles. The van der Waals surface area contributed by atoms with Crippen molar-refractivity contribution in [2.24, 2.45) is 0 Å². The second kappa shape index (κ2) is 11.3. The van der Waals surface area contributed by atoms with E-state index in [4.69, 9.17) is 14.2 Å². The van der Waals surface area contributed by atoms with E-state index in [0.717, 1.165) is 25.7 Å². The molecule has 0 heterocycles. The van der Waals surface area contributed by atoms with Crippen LogP contribution in [0.3, 0.4) is 0 Å². The maximum Gasteiger partial charge on any atom is 0.345 e. The summed E-state index contributed by atoms with van der Waals surface area (Å²) in [6, 6.07) is 7.09. The van der Waals surface area contributed by atoms with Gasteiger partial charge in [0.2, 0.25) is 0 Å². The van der Waals surface area contributed by atoms with E-state index in [1.807, 2.05) is 13.8 Å². The van der Waals surface area contributed by atoms with Crippen LogP contribution < -0.4 is 4.74 Å². The van der Waals surface area contributed by atoms with Crippen molar-refractivity contribution in [2.45, 2.75) is 39.5 Å². The van der Waals surface area contributed by atoms with Crippen LogP contribution in [0.5, 0.6) is 5.75 Å². The molecule has 0 aliphatic heterocycles. The fraction of sp³-hybridized carbons (Fsp3) is 0.474. The third-order valence-electron chi connectivity index (χ3n) is 3.31. The molecule has 0 bridgehead atoms. The summed E-state index contributed by atoms with van der Waals surface area (Å²) in [6.07, 6.45) is 4.80. The summed E-state index contributed by atoms with van der Waals surface area (Å²) in [5.41, 5.74) is 0.569. The van der Waals surface area contributed by atoms with Gasteiger partial charge >= 0.3 is 11.9 Å². The van der Waals surface area contributed by atoms with Crippen molar-refractivity contribution in [3.8, 4) is 5.75 Å². The van der Waals surface area contributed by atoms with Crippen molar-refractivity contribution < 1.29 is 23.8 Å². The highest BCUT2D eigenvalue weighted by Crippen LogP contribution is 2.17. The number of hydrogen-bond donors (Lipinski definition) is 0. The lowest BCUT2D eigenvalue weighted by Crippen LogP contribution is -2.19. The highest BCUT2D eigenvalue weighted by Gasteiger charge is 2.21. The molecule has 0 unspecified atom stereocenters. The highest BCUT2D eigenvalue weighted by atomic mass is 16.6. The van der Waals surface area contributed by atoms with Gasteiger partial charge in [0.15, 0.2) is 0 Å². The van der Waals surface area contributed by atoms with Gasteiger partial charge in [-0.2, -0.15) is 0 Å². The molecule has 0 aliphatic carbocycles. The van der Waals surface area contributed by atoms with Gasteiger partial charge in [0.05, 0.1) is 20.3 Å². The summed E-state index contributed by atoms with van der Waals surface area (Å²) in [5.74, 6) is -0.678. The van der Waals surface area contributed by atoms with Crippen LogP contribution >= 0.6 is 0 Å². The second-order valence-corrected chi connectivity index (χ2v) is 5.31. The number of rotatable bonds is 10. The number of ether oxygens (including phenoxy) is 3. The van der Waals surface area contributed by atoms with Crippen LogP contribution in [0.2, 0.25) is 0 Å². The van der Waals surface area contributed by atoms with Crippen LogP contribution in [0.25, 0.3) is 6.08 Å². The van der Waals surface area contributed by atoms with E-state index in [-0.39, 0.29) is 18.8 Å². The van der Waals surface area contributed by atoms with Crippen LogP contribution in [0.1, 0.15) is 45.1 Å². The minimum absolute atomic E-state index is 0.101. The summed E-state index contributed by atoms with van der Waals surface area (Å²) in [7, 11) is 1.56. The predicted molar refractivity (Wildman–Crippen MR) is 92.7 cm³/mol. The van der Waals surface area contributed by atoms with E-state index in [2.05, 4.69) is 0 Å². The van der Waals surface area contributed by atoms with E-state index in [1.165, 1.54) is 6.08 Å². The lowest BCUT2D eigenvalue weighted by atomic mass is 10.1. The van der Waals surface area contributed by atoms with E-state index in [0.29, 0.717) is 11.3 Å². The molecule has 0 N–H and O–H groups in total. The van der Waals surface area contributed by atoms with Crippen molar-refractivity contribution in [3.63, 3.8) is 0 Å². The van der Waals surface area contributed by atoms with Gasteiger partial charge < -0.3 is 14.2 Å². The van der Waals surface area contributed by atoms with Crippen LogP contribution in [0.4, 0.5) is 0 Å². The molecular weight excluding hydrogens is 308 g/mol. The van der Waals surface area contributed by atoms with Gasteiger partial charge in [-0.3, -0.25) is 0 Å². The van der Waals surface area contributed by atoms with E-state index >= 15 is 0 Å². The number of hydrogen-bond acceptors (Lipinski definition) is 5. The van der Waals surface area contributed by atoms with Crippen LogP contribution in [0.15, 0.2) is 29.8 Å². The quantitative estimate of drug-likeness (QED) is 0.214. The summed E-state index contributed by atoms with van der Waals surface area (Å²) in [5, 5.41) is 0. The zero-order chi connectivity index (χ0) is 17.8. The summed E-state index contributed by atoms with van der Waals surface area (Å²) in [6.45, 7) is 4.57. The summed E-state index contributed by atoms with van der Waals surface area (Å²) < 4.78 is 15.5. The Morgan fingerprint density at radius 1 is 1.00 bits per heavy atom. The molecule has 24 heavy (non-hydrogen) atoms. The van der Waals surface area contributed by atoms with Crippen molar-refractivity contribution >= 4 is 18.0 Å². The number of carbonyl (C=O) groups excluding carboxylic acids is 2. The molecule has 0 atom stereocenters. The summed E-state index contributed by atoms with van der Waals surface area (Å²) >= 11 is 0. The molecule has 132 valence electrons. The molecule has 1 aromatic rings. The second-order valence-electron chi connectivity index (χ2n) is 5.31. The molecule has 0 aliphatic rings. The fourth-order valence-corrected chi connectivity index (χ4v) is 1.87. The number of benzene rings is 1. The van der Waals surface area contributed by atoms with Gasteiger partial charge in [-0.1, -0.05) is 38.8 Å². The zero-order valence-electron chi connectivity index (χ0n) is 14.7. The smallest absolute Gasteiger partial charge is 0.345 e. The van der Waals surface area contributed by atoms with Crippen molar-refractivity contribution in [1.82, 2.24) is 0 Å². The van der Waals surface area contributed by atoms with Crippen LogP contribution in [0, 0.1) is 0 Å². The topological polar surface area (TPSA) is 61.8 Å². The maximum atomic E-state index is 12.2. The monoisotopic (exact) mass is 334 g/mol. The minimum Gasteiger partial charge on any atom is -0.497 e. The molecule has 0 radical (unpaired) electrons. The van der Waals surface area contributed by atoms with Gasteiger partial charge in [-0.25, -0.2) is 9.59 Å². The Kier molecular flexibility index (Phi) is 9.27. The van der Waals surface area contributed by atoms with Crippen LogP contribution in [-0.4, -0.2) is 32.3 Å². The number of carbonyl (C=O) groups is 2. The molecule has 0 spiro atoms. The molecule has 0 saturated heterocycles. The average molecular weight is 334 g/mol. The van der Waals surface area contributed by atoms with Gasteiger partial charge in [0, 0.05) is 0 Å². The molecular formula is C19H26O5. The number of methoxy groups -OCH3 is 1. The maximum absolute atomic E-state index is 12.2. The van der Waals surface area contributed by atoms with Gasteiger partial charge in [0.1, 0.15) is 11.3 Å². The Morgan fingerprint density at radius 3 is 2.08 bits per heavy atom. The third-order valence-corrected chi connectivity index (χ3v) is 3.31. The number of esters is 2. The first-order valence-corrected chi connectivity index (χ1v) is 8.32.